The smallest absolute Gasteiger partial charge is 0.152 e. The molecular formula is C34H36Cl2N8O2. The Hall–Kier alpha value is -3.38. The topological polar surface area (TPSA) is 105 Å². The standard InChI is InChI=1S/C34H36Cl2N8O2/c35-31-23(5-1-7-25(31)27-13-37-29(19-41-15-21(45)16-41)33(39-27)43-9-3-10-43)24-6-2-8-26(32(24)36)28-14-38-30(20-42-17-22(46)18-42)34(40-28)44-11-4-12-44/h1-2,5-8,13-14,21-22,45-46H,3-4,9-12,15-20H2. The van der Waals surface area contributed by atoms with E-state index in [0.29, 0.717) is 60.7 Å². The van der Waals surface area contributed by atoms with Gasteiger partial charge in [-0.05, 0) is 12.8 Å². The van der Waals surface area contributed by atoms with Crippen LogP contribution < -0.4 is 9.80 Å². The first-order chi connectivity index (χ1) is 22.4. The lowest BCUT2D eigenvalue weighted by Crippen LogP contribution is -2.50. The van der Waals surface area contributed by atoms with Crippen molar-refractivity contribution >= 4 is 34.8 Å². The number of anilines is 2. The molecule has 0 atom stereocenters. The highest BCUT2D eigenvalue weighted by Gasteiger charge is 2.30. The van der Waals surface area contributed by atoms with E-state index in [4.69, 9.17) is 43.1 Å². The molecular weight excluding hydrogens is 623 g/mol. The van der Waals surface area contributed by atoms with Gasteiger partial charge >= 0.3 is 0 Å². The van der Waals surface area contributed by atoms with E-state index < -0.39 is 0 Å². The zero-order valence-corrected chi connectivity index (χ0v) is 27.0. The van der Waals surface area contributed by atoms with Gasteiger partial charge < -0.3 is 20.0 Å². The van der Waals surface area contributed by atoms with Crippen molar-refractivity contribution in [2.75, 3.05) is 62.2 Å². The molecule has 0 aliphatic carbocycles. The van der Waals surface area contributed by atoms with E-state index in [9.17, 15) is 10.2 Å². The summed E-state index contributed by atoms with van der Waals surface area (Å²) in [7, 11) is 0. The van der Waals surface area contributed by atoms with E-state index in [1.54, 1.807) is 12.4 Å². The number of benzene rings is 2. The van der Waals surface area contributed by atoms with Crippen LogP contribution in [0.1, 0.15) is 24.2 Å². The quantitative estimate of drug-likeness (QED) is 0.270. The van der Waals surface area contributed by atoms with Crippen molar-refractivity contribution in [1.82, 2.24) is 29.7 Å². The number of aliphatic hydroxyl groups is 2. The van der Waals surface area contributed by atoms with Crippen molar-refractivity contribution in [3.63, 3.8) is 0 Å². The molecule has 2 aromatic carbocycles. The SMILES string of the molecule is OC1CN(Cc2ncc(-c3cccc(-c4cccc(-c5cnc(CN6CC(O)C6)c(N6CCC6)n5)c4Cl)c3Cl)nc2N2CCC2)C1. The van der Waals surface area contributed by atoms with Crippen LogP contribution in [0.15, 0.2) is 48.8 Å². The molecule has 2 N–H and O–H groups in total. The van der Waals surface area contributed by atoms with Gasteiger partial charge in [-0.25, -0.2) is 9.97 Å². The number of nitrogens with zero attached hydrogens (tertiary/aromatic N) is 8. The van der Waals surface area contributed by atoms with Crippen LogP contribution in [0.4, 0.5) is 11.6 Å². The number of aliphatic hydroxyl groups excluding tert-OH is 2. The van der Waals surface area contributed by atoms with Crippen molar-refractivity contribution in [2.45, 2.75) is 38.1 Å². The lowest BCUT2D eigenvalue weighted by atomic mass is 9.98. The summed E-state index contributed by atoms with van der Waals surface area (Å²) in [6.07, 6.45) is 5.35. The minimum Gasteiger partial charge on any atom is -0.390 e. The Bertz CT molecular complexity index is 1640. The number of rotatable bonds is 9. The molecule has 0 bridgehead atoms. The molecule has 46 heavy (non-hydrogen) atoms. The van der Waals surface area contributed by atoms with Crippen LogP contribution in [0, 0.1) is 0 Å². The highest BCUT2D eigenvalue weighted by molar-refractivity contribution is 6.39. The lowest BCUT2D eigenvalue weighted by Gasteiger charge is -2.38. The number of likely N-dealkylation sites (tertiary alicyclic amines) is 2. The average Bonchev–Trinajstić information content (AvgIpc) is 2.96. The summed E-state index contributed by atoms with van der Waals surface area (Å²) in [6, 6.07) is 11.9. The molecule has 4 aromatic rings. The van der Waals surface area contributed by atoms with Crippen LogP contribution in [0.25, 0.3) is 33.6 Å². The molecule has 10 nitrogen and oxygen atoms in total. The molecule has 8 rings (SSSR count). The fourth-order valence-corrected chi connectivity index (χ4v) is 7.15. The fourth-order valence-electron chi connectivity index (χ4n) is 6.50. The molecule has 0 amide bonds. The Kier molecular flexibility index (Phi) is 8.04. The third kappa shape index (κ3) is 5.61. The molecule has 238 valence electrons. The Morgan fingerprint density at radius 2 is 1.00 bits per heavy atom. The van der Waals surface area contributed by atoms with Crippen LogP contribution in [-0.4, -0.2) is 105 Å². The number of β-amino-alcohol motifs (C(OH)–C–C–N with tert-alkyl or cyclic N) is 2. The molecule has 0 saturated carbocycles. The minimum absolute atomic E-state index is 0.258. The highest BCUT2D eigenvalue weighted by atomic mass is 35.5. The van der Waals surface area contributed by atoms with Gasteiger partial charge in [-0.3, -0.25) is 19.8 Å². The molecule has 0 radical (unpaired) electrons. The first kappa shape index (κ1) is 30.0. The van der Waals surface area contributed by atoms with Gasteiger partial charge in [-0.1, -0.05) is 59.6 Å². The lowest BCUT2D eigenvalue weighted by molar-refractivity contribution is -0.00374. The van der Waals surface area contributed by atoms with Gasteiger partial charge in [0.25, 0.3) is 0 Å². The van der Waals surface area contributed by atoms with E-state index in [1.165, 1.54) is 0 Å². The summed E-state index contributed by atoms with van der Waals surface area (Å²) >= 11 is 14.3. The monoisotopic (exact) mass is 658 g/mol. The fraction of sp³-hybridized carbons (Fsp3) is 0.412. The molecule has 4 fully saturated rings. The summed E-state index contributed by atoms with van der Waals surface area (Å²) in [5.74, 6) is 1.77. The Morgan fingerprint density at radius 3 is 1.35 bits per heavy atom. The van der Waals surface area contributed by atoms with Crippen molar-refractivity contribution in [3.8, 4) is 33.6 Å². The van der Waals surface area contributed by atoms with Gasteiger partial charge in [0.1, 0.15) is 0 Å². The van der Waals surface area contributed by atoms with Crippen molar-refractivity contribution < 1.29 is 10.2 Å². The predicted octanol–water partition coefficient (Wildman–Crippen LogP) is 4.35. The van der Waals surface area contributed by atoms with Gasteiger partial charge in [0.2, 0.25) is 0 Å². The Morgan fingerprint density at radius 1 is 0.609 bits per heavy atom. The van der Waals surface area contributed by atoms with Gasteiger partial charge in [0, 0.05) is 87.7 Å². The number of halogens is 2. The first-order valence-corrected chi connectivity index (χ1v) is 16.8. The summed E-state index contributed by atoms with van der Waals surface area (Å²) < 4.78 is 0. The van der Waals surface area contributed by atoms with E-state index in [0.717, 1.165) is 84.3 Å². The molecule has 4 aliphatic heterocycles. The van der Waals surface area contributed by atoms with Crippen LogP contribution in [0.3, 0.4) is 0 Å². The zero-order valence-electron chi connectivity index (χ0n) is 25.5. The largest absolute Gasteiger partial charge is 0.390 e. The van der Waals surface area contributed by atoms with Crippen molar-refractivity contribution in [1.29, 1.82) is 0 Å². The maximum Gasteiger partial charge on any atom is 0.152 e. The highest BCUT2D eigenvalue weighted by Crippen LogP contribution is 2.42. The zero-order chi connectivity index (χ0) is 31.4. The predicted molar refractivity (Wildman–Crippen MR) is 180 cm³/mol. The molecule has 4 saturated heterocycles. The molecule has 0 unspecified atom stereocenters. The maximum absolute atomic E-state index is 9.75. The van der Waals surface area contributed by atoms with Gasteiger partial charge in [-0.15, -0.1) is 0 Å². The van der Waals surface area contributed by atoms with Crippen LogP contribution >= 0.6 is 23.2 Å². The average molecular weight is 660 g/mol. The van der Waals surface area contributed by atoms with E-state index in [1.807, 2.05) is 36.4 Å². The number of aromatic nitrogens is 4. The van der Waals surface area contributed by atoms with Crippen LogP contribution in [0.2, 0.25) is 10.0 Å². The van der Waals surface area contributed by atoms with E-state index >= 15 is 0 Å². The third-order valence-electron chi connectivity index (χ3n) is 9.43. The maximum atomic E-state index is 9.75. The minimum atomic E-state index is -0.258. The summed E-state index contributed by atoms with van der Waals surface area (Å²) in [4.78, 5) is 28.7. The Labute approximate surface area is 278 Å². The molecule has 0 spiro atoms. The number of hydrogen-bond donors (Lipinski definition) is 2. The van der Waals surface area contributed by atoms with Crippen LogP contribution in [-0.2, 0) is 13.1 Å². The number of hydrogen-bond acceptors (Lipinski definition) is 10. The van der Waals surface area contributed by atoms with Gasteiger partial charge in [0.05, 0.1) is 57.4 Å². The van der Waals surface area contributed by atoms with Gasteiger partial charge in [0.15, 0.2) is 11.6 Å². The molecule has 2 aromatic heterocycles. The van der Waals surface area contributed by atoms with E-state index in [2.05, 4.69) is 19.6 Å². The van der Waals surface area contributed by atoms with Gasteiger partial charge in [-0.2, -0.15) is 0 Å². The van der Waals surface area contributed by atoms with Crippen molar-refractivity contribution in [2.24, 2.45) is 0 Å². The molecule has 4 aliphatic rings. The molecule has 12 heteroatoms. The third-order valence-corrected chi connectivity index (χ3v) is 10.2. The van der Waals surface area contributed by atoms with E-state index in [-0.39, 0.29) is 12.2 Å². The normalized spacial score (nSPS) is 19.0. The first-order valence-electron chi connectivity index (χ1n) is 16.0. The molecule has 6 heterocycles. The van der Waals surface area contributed by atoms with Crippen LogP contribution in [0.5, 0.6) is 0 Å². The summed E-state index contributed by atoms with van der Waals surface area (Å²) in [5.41, 5.74) is 6.47. The Balaban J connectivity index is 1.12. The second-order valence-corrected chi connectivity index (χ2v) is 13.5. The summed E-state index contributed by atoms with van der Waals surface area (Å²) in [5, 5.41) is 20.6. The second kappa shape index (κ2) is 12.3. The van der Waals surface area contributed by atoms with Crippen molar-refractivity contribution in [3.05, 3.63) is 70.2 Å². The second-order valence-electron chi connectivity index (χ2n) is 12.8. The summed E-state index contributed by atoms with van der Waals surface area (Å²) in [6.45, 7) is 7.79.